The molecule has 1 spiro atoms. The molecule has 3 aliphatic heterocycles. The molecule has 146 valence electrons. The van der Waals surface area contributed by atoms with Crippen LogP contribution in [0.25, 0.3) is 0 Å². The van der Waals surface area contributed by atoms with Crippen LogP contribution in [0.15, 0.2) is 48.5 Å². The van der Waals surface area contributed by atoms with E-state index in [9.17, 15) is 18.0 Å². The van der Waals surface area contributed by atoms with Crippen molar-refractivity contribution in [1.29, 1.82) is 0 Å². The number of anilines is 2. The molecular weight excluding hydrogens is 367 g/mol. The summed E-state index contributed by atoms with van der Waals surface area (Å²) in [6.45, 7) is 2.24. The predicted molar refractivity (Wildman–Crippen MR) is 100 cm³/mol. The minimum Gasteiger partial charge on any atom is -0.378 e. The maximum Gasteiger partial charge on any atom is 0.416 e. The van der Waals surface area contributed by atoms with Crippen LogP contribution in [0.5, 0.6) is 0 Å². The summed E-state index contributed by atoms with van der Waals surface area (Å²) in [4.78, 5) is 17.0. The molecule has 0 bridgehead atoms. The Morgan fingerprint density at radius 2 is 1.86 bits per heavy atom. The number of piperidine rings is 1. The monoisotopic (exact) mass is 387 g/mol. The number of carbonyl (C=O) groups is 1. The molecule has 0 radical (unpaired) electrons. The van der Waals surface area contributed by atoms with Crippen molar-refractivity contribution in [1.82, 2.24) is 4.90 Å². The molecule has 1 N–H and O–H groups in total. The van der Waals surface area contributed by atoms with Crippen LogP contribution >= 0.6 is 0 Å². The maximum absolute atomic E-state index is 12.8. The van der Waals surface area contributed by atoms with Gasteiger partial charge >= 0.3 is 6.18 Å². The van der Waals surface area contributed by atoms with Crippen LogP contribution in [0.4, 0.5) is 24.5 Å². The van der Waals surface area contributed by atoms with Crippen LogP contribution in [-0.4, -0.2) is 42.0 Å². The second kappa shape index (κ2) is 5.90. The summed E-state index contributed by atoms with van der Waals surface area (Å²) in [5.41, 5.74) is 2.19. The number of likely N-dealkylation sites (tertiary alicyclic amines) is 1. The van der Waals surface area contributed by atoms with Gasteiger partial charge in [-0.3, -0.25) is 4.79 Å². The lowest BCUT2D eigenvalue weighted by Gasteiger charge is -2.43. The third-order valence-electron chi connectivity index (χ3n) is 6.18. The number of fused-ring (bicyclic) bond motifs is 2. The van der Waals surface area contributed by atoms with E-state index in [1.165, 1.54) is 17.8 Å². The summed E-state index contributed by atoms with van der Waals surface area (Å²) in [6.07, 6.45) is -3.37. The first-order chi connectivity index (χ1) is 13.4. The molecule has 28 heavy (non-hydrogen) atoms. The summed E-state index contributed by atoms with van der Waals surface area (Å²) in [6, 6.07) is 13.4. The van der Waals surface area contributed by atoms with Gasteiger partial charge in [-0.25, -0.2) is 0 Å². The van der Waals surface area contributed by atoms with Crippen molar-refractivity contribution >= 4 is 17.3 Å². The Kier molecular flexibility index (Phi) is 3.66. The van der Waals surface area contributed by atoms with Crippen molar-refractivity contribution in [2.24, 2.45) is 0 Å². The Bertz CT molecular complexity index is 927. The van der Waals surface area contributed by atoms with E-state index in [4.69, 9.17) is 0 Å². The van der Waals surface area contributed by atoms with Gasteiger partial charge in [-0.05, 0) is 36.2 Å². The van der Waals surface area contributed by atoms with Gasteiger partial charge in [0.2, 0.25) is 5.91 Å². The smallest absolute Gasteiger partial charge is 0.378 e. The molecule has 0 aromatic heterocycles. The van der Waals surface area contributed by atoms with Crippen LogP contribution in [0.2, 0.25) is 0 Å². The first kappa shape index (κ1) is 17.4. The summed E-state index contributed by atoms with van der Waals surface area (Å²) >= 11 is 0. The number of nitrogens with one attached hydrogen (secondary N) is 1. The highest BCUT2D eigenvalue weighted by Crippen LogP contribution is 2.51. The fourth-order valence-electron chi connectivity index (χ4n) is 4.61. The fourth-order valence-corrected chi connectivity index (χ4v) is 4.61. The molecule has 2 aromatic carbocycles. The SMILES string of the molecule is O=C(Cc1ccc(C(F)(F)F)cc1)N1CCC2Nc3ccccc3N3C[C@@]23C1. The molecule has 2 saturated heterocycles. The van der Waals surface area contributed by atoms with Crippen molar-refractivity contribution in [2.45, 2.75) is 30.6 Å². The fraction of sp³-hybridized carbons (Fsp3) is 0.381. The van der Waals surface area contributed by atoms with Crippen LogP contribution in [0.3, 0.4) is 0 Å². The van der Waals surface area contributed by atoms with Crippen molar-refractivity contribution in [3.63, 3.8) is 0 Å². The van der Waals surface area contributed by atoms with E-state index in [2.05, 4.69) is 22.3 Å². The molecule has 2 aromatic rings. The lowest BCUT2D eigenvalue weighted by atomic mass is 9.89. The number of carbonyl (C=O) groups excluding carboxylic acids is 1. The molecule has 2 fully saturated rings. The van der Waals surface area contributed by atoms with Crippen LogP contribution < -0.4 is 10.2 Å². The van der Waals surface area contributed by atoms with Crippen molar-refractivity contribution in [3.05, 3.63) is 59.7 Å². The molecule has 1 amide bonds. The highest BCUT2D eigenvalue weighted by molar-refractivity contribution is 5.82. The van der Waals surface area contributed by atoms with Gasteiger partial charge in [0.15, 0.2) is 0 Å². The minimum atomic E-state index is -4.36. The van der Waals surface area contributed by atoms with Crippen LogP contribution in [0.1, 0.15) is 17.5 Å². The molecule has 2 atom stereocenters. The lowest BCUT2D eigenvalue weighted by Crippen LogP contribution is -2.57. The van der Waals surface area contributed by atoms with Gasteiger partial charge in [-0.1, -0.05) is 24.3 Å². The quantitative estimate of drug-likeness (QED) is 0.801. The second-order valence-corrected chi connectivity index (χ2v) is 7.88. The molecule has 1 unspecified atom stereocenters. The lowest BCUT2D eigenvalue weighted by molar-refractivity contribution is -0.137. The van der Waals surface area contributed by atoms with Gasteiger partial charge in [-0.2, -0.15) is 13.2 Å². The zero-order valence-electron chi connectivity index (χ0n) is 15.2. The first-order valence-corrected chi connectivity index (χ1v) is 9.44. The molecule has 0 aliphatic carbocycles. The van der Waals surface area contributed by atoms with Crippen molar-refractivity contribution in [3.8, 4) is 0 Å². The standard InChI is InChI=1S/C21H20F3N3O/c22-21(23,24)15-7-5-14(6-8-15)11-19(28)26-10-9-18-20(12-26)13-27(20)17-4-2-1-3-16(17)25-18/h1-8,18,25H,9-13H2/t18?,20-,27?/m0/s1. The Balaban J connectivity index is 1.28. The van der Waals surface area contributed by atoms with Crippen molar-refractivity contribution < 1.29 is 18.0 Å². The summed E-state index contributed by atoms with van der Waals surface area (Å²) in [5, 5.41) is 3.62. The highest BCUT2D eigenvalue weighted by Gasteiger charge is 2.62. The van der Waals surface area contributed by atoms with E-state index in [1.54, 1.807) is 0 Å². The topological polar surface area (TPSA) is 35.4 Å². The van der Waals surface area contributed by atoms with Gasteiger partial charge in [0.05, 0.1) is 34.9 Å². The zero-order valence-corrected chi connectivity index (χ0v) is 15.2. The molecule has 4 nitrogen and oxygen atoms in total. The number of halogens is 3. The summed E-state index contributed by atoms with van der Waals surface area (Å²) in [7, 11) is 0. The van der Waals surface area contributed by atoms with E-state index < -0.39 is 11.7 Å². The number of hydrogen-bond acceptors (Lipinski definition) is 3. The summed E-state index contributed by atoms with van der Waals surface area (Å²) in [5.74, 6) is -0.0294. The molecular formula is C21H20F3N3O. The number of benzene rings is 2. The third kappa shape index (κ3) is 2.72. The van der Waals surface area contributed by atoms with E-state index in [-0.39, 0.29) is 17.9 Å². The van der Waals surface area contributed by atoms with E-state index in [1.807, 2.05) is 17.0 Å². The van der Waals surface area contributed by atoms with E-state index in [0.29, 0.717) is 24.7 Å². The van der Waals surface area contributed by atoms with E-state index >= 15 is 0 Å². The maximum atomic E-state index is 12.8. The van der Waals surface area contributed by atoms with Crippen LogP contribution in [0, 0.1) is 0 Å². The summed E-state index contributed by atoms with van der Waals surface area (Å²) < 4.78 is 38.1. The van der Waals surface area contributed by atoms with Gasteiger partial charge in [0, 0.05) is 19.6 Å². The number of rotatable bonds is 2. The number of hydrogen-bond donors (Lipinski definition) is 1. The number of alkyl halides is 3. The normalized spacial score (nSPS) is 25.3. The average molecular weight is 387 g/mol. The average Bonchev–Trinajstić information content (AvgIpc) is 3.40. The minimum absolute atomic E-state index is 0.0294. The number of para-hydroxylation sites is 2. The van der Waals surface area contributed by atoms with Crippen molar-refractivity contribution in [2.75, 3.05) is 29.9 Å². The molecule has 7 heteroatoms. The Morgan fingerprint density at radius 3 is 2.61 bits per heavy atom. The zero-order chi connectivity index (χ0) is 19.5. The molecule has 0 saturated carbocycles. The van der Waals surface area contributed by atoms with Gasteiger partial charge in [0.25, 0.3) is 0 Å². The molecule has 5 rings (SSSR count). The predicted octanol–water partition coefficient (Wildman–Crippen LogP) is 3.53. The number of amides is 1. The highest BCUT2D eigenvalue weighted by atomic mass is 19.4. The van der Waals surface area contributed by atoms with Gasteiger partial charge in [0.1, 0.15) is 0 Å². The largest absolute Gasteiger partial charge is 0.416 e. The number of nitrogens with zero attached hydrogens (tertiary/aromatic N) is 2. The van der Waals surface area contributed by atoms with Crippen LogP contribution in [-0.2, 0) is 17.4 Å². The third-order valence-corrected chi connectivity index (χ3v) is 6.18. The van der Waals surface area contributed by atoms with Gasteiger partial charge < -0.3 is 15.1 Å². The molecule has 3 aliphatic rings. The van der Waals surface area contributed by atoms with E-state index in [0.717, 1.165) is 30.8 Å². The Labute approximate surface area is 160 Å². The molecule has 3 heterocycles. The van der Waals surface area contributed by atoms with Gasteiger partial charge in [-0.15, -0.1) is 0 Å². The Morgan fingerprint density at radius 1 is 1.11 bits per heavy atom. The Hall–Kier alpha value is -2.70. The second-order valence-electron chi connectivity index (χ2n) is 7.88. The first-order valence-electron chi connectivity index (χ1n) is 9.44.